The van der Waals surface area contributed by atoms with E-state index in [9.17, 15) is 4.79 Å². The summed E-state index contributed by atoms with van der Waals surface area (Å²) in [7, 11) is 3.59. The zero-order valence-corrected chi connectivity index (χ0v) is 15.9. The summed E-state index contributed by atoms with van der Waals surface area (Å²) in [5, 5.41) is 4.38. The number of benzene rings is 2. The van der Waals surface area contributed by atoms with Crippen molar-refractivity contribution in [3.63, 3.8) is 0 Å². The van der Waals surface area contributed by atoms with Gasteiger partial charge in [0.15, 0.2) is 0 Å². The van der Waals surface area contributed by atoms with Gasteiger partial charge in [-0.05, 0) is 54.3 Å². The topological polar surface area (TPSA) is 47.4 Å². The number of fused-ring (bicyclic) bond motifs is 1. The minimum atomic E-state index is 0.0749. The minimum Gasteiger partial charge on any atom is -0.497 e. The number of aromatic nitrogens is 2. The van der Waals surface area contributed by atoms with Crippen LogP contribution in [-0.4, -0.2) is 34.2 Å². The summed E-state index contributed by atoms with van der Waals surface area (Å²) in [6.45, 7) is 3.36. The first-order valence-electron chi connectivity index (χ1n) is 9.11. The van der Waals surface area contributed by atoms with Crippen molar-refractivity contribution in [2.24, 2.45) is 7.05 Å². The second-order valence-corrected chi connectivity index (χ2v) is 6.99. The third-order valence-corrected chi connectivity index (χ3v) is 5.17. The molecule has 1 aliphatic heterocycles. The SMILES string of the molecule is COc1ccc2c(c1)CCN(C(=O)c1ccc(-c3cn(C)nc3C)cc1)C2. The van der Waals surface area contributed by atoms with Crippen molar-refractivity contribution in [3.05, 3.63) is 71.0 Å². The number of carbonyl (C=O) groups excluding carboxylic acids is 1. The molecular formula is C22H23N3O2. The highest BCUT2D eigenvalue weighted by molar-refractivity contribution is 5.95. The zero-order chi connectivity index (χ0) is 19.0. The molecule has 5 nitrogen and oxygen atoms in total. The Morgan fingerprint density at radius 1 is 1.11 bits per heavy atom. The van der Waals surface area contributed by atoms with Crippen LogP contribution in [0.2, 0.25) is 0 Å². The summed E-state index contributed by atoms with van der Waals surface area (Å²) in [6.07, 6.45) is 2.85. The number of ether oxygens (including phenoxy) is 1. The van der Waals surface area contributed by atoms with Crippen LogP contribution in [0.25, 0.3) is 11.1 Å². The first-order valence-corrected chi connectivity index (χ1v) is 9.11. The van der Waals surface area contributed by atoms with Gasteiger partial charge in [0.25, 0.3) is 5.91 Å². The highest BCUT2D eigenvalue weighted by Gasteiger charge is 2.22. The van der Waals surface area contributed by atoms with Gasteiger partial charge in [0.2, 0.25) is 0 Å². The molecule has 4 rings (SSSR count). The minimum absolute atomic E-state index is 0.0749. The van der Waals surface area contributed by atoms with E-state index >= 15 is 0 Å². The van der Waals surface area contributed by atoms with E-state index in [4.69, 9.17) is 4.74 Å². The molecule has 5 heteroatoms. The van der Waals surface area contributed by atoms with Crippen molar-refractivity contribution in [1.29, 1.82) is 0 Å². The van der Waals surface area contributed by atoms with Crippen LogP contribution < -0.4 is 4.74 Å². The van der Waals surface area contributed by atoms with Crippen molar-refractivity contribution in [2.45, 2.75) is 19.9 Å². The van der Waals surface area contributed by atoms with Crippen LogP contribution in [0.15, 0.2) is 48.7 Å². The Morgan fingerprint density at radius 2 is 1.89 bits per heavy atom. The highest BCUT2D eigenvalue weighted by Crippen LogP contribution is 2.26. The van der Waals surface area contributed by atoms with Gasteiger partial charge >= 0.3 is 0 Å². The number of methoxy groups -OCH3 is 1. The number of rotatable bonds is 3. The Bertz CT molecular complexity index is 989. The maximum Gasteiger partial charge on any atom is 0.254 e. The molecule has 0 radical (unpaired) electrons. The van der Waals surface area contributed by atoms with Crippen molar-refractivity contribution < 1.29 is 9.53 Å². The van der Waals surface area contributed by atoms with Crippen LogP contribution >= 0.6 is 0 Å². The fourth-order valence-corrected chi connectivity index (χ4v) is 3.69. The summed E-state index contributed by atoms with van der Waals surface area (Å²) in [5.41, 5.74) is 6.33. The molecule has 0 unspecified atom stereocenters. The van der Waals surface area contributed by atoms with E-state index in [1.54, 1.807) is 7.11 Å². The maximum absolute atomic E-state index is 12.9. The van der Waals surface area contributed by atoms with Crippen LogP contribution in [0.5, 0.6) is 5.75 Å². The monoisotopic (exact) mass is 361 g/mol. The zero-order valence-electron chi connectivity index (χ0n) is 15.9. The molecule has 0 atom stereocenters. The van der Waals surface area contributed by atoms with Crippen molar-refractivity contribution in [2.75, 3.05) is 13.7 Å². The van der Waals surface area contributed by atoms with Crippen molar-refractivity contribution >= 4 is 5.91 Å². The average Bonchev–Trinajstić information content (AvgIpc) is 3.04. The van der Waals surface area contributed by atoms with Gasteiger partial charge in [-0.3, -0.25) is 9.48 Å². The predicted molar refractivity (Wildman–Crippen MR) is 105 cm³/mol. The summed E-state index contributed by atoms with van der Waals surface area (Å²) in [6, 6.07) is 13.9. The first kappa shape index (κ1) is 17.3. The van der Waals surface area contributed by atoms with Gasteiger partial charge in [-0.2, -0.15) is 5.10 Å². The summed E-state index contributed by atoms with van der Waals surface area (Å²) in [5.74, 6) is 0.945. The molecule has 2 heterocycles. The normalized spacial score (nSPS) is 13.4. The Balaban J connectivity index is 1.52. The van der Waals surface area contributed by atoms with Crippen LogP contribution in [0.3, 0.4) is 0 Å². The van der Waals surface area contributed by atoms with Gasteiger partial charge in [-0.1, -0.05) is 18.2 Å². The Hall–Kier alpha value is -3.08. The Morgan fingerprint density at radius 3 is 2.56 bits per heavy atom. The maximum atomic E-state index is 12.9. The number of nitrogens with zero attached hydrogens (tertiary/aromatic N) is 3. The number of aryl methyl sites for hydroxylation is 2. The molecule has 3 aromatic rings. The summed E-state index contributed by atoms with van der Waals surface area (Å²) < 4.78 is 7.10. The third kappa shape index (κ3) is 3.33. The quantitative estimate of drug-likeness (QED) is 0.716. The number of amides is 1. The van der Waals surface area contributed by atoms with E-state index in [-0.39, 0.29) is 5.91 Å². The Kier molecular flexibility index (Phi) is 4.44. The molecule has 0 aliphatic carbocycles. The van der Waals surface area contributed by atoms with E-state index in [0.717, 1.165) is 41.1 Å². The molecule has 0 saturated carbocycles. The second kappa shape index (κ2) is 6.91. The van der Waals surface area contributed by atoms with E-state index in [1.807, 2.05) is 60.1 Å². The lowest BCUT2D eigenvalue weighted by Gasteiger charge is -2.29. The molecule has 0 N–H and O–H groups in total. The molecule has 1 aromatic heterocycles. The summed E-state index contributed by atoms with van der Waals surface area (Å²) >= 11 is 0. The standard InChI is InChI=1S/C22H23N3O2/c1-15-21(14-24(2)23-15)16-4-6-17(7-5-16)22(26)25-11-10-18-12-20(27-3)9-8-19(18)13-25/h4-9,12,14H,10-11,13H2,1-3H3. The van der Waals surface area contributed by atoms with Gasteiger partial charge < -0.3 is 9.64 Å². The fourth-order valence-electron chi connectivity index (χ4n) is 3.69. The Labute approximate surface area is 159 Å². The highest BCUT2D eigenvalue weighted by atomic mass is 16.5. The van der Waals surface area contributed by atoms with Gasteiger partial charge in [0, 0.05) is 37.5 Å². The summed E-state index contributed by atoms with van der Waals surface area (Å²) in [4.78, 5) is 14.9. The predicted octanol–water partition coefficient (Wildman–Crippen LogP) is 3.60. The van der Waals surface area contributed by atoms with Gasteiger partial charge in [0.05, 0.1) is 12.8 Å². The van der Waals surface area contributed by atoms with Crippen LogP contribution in [0.1, 0.15) is 27.2 Å². The number of hydrogen-bond donors (Lipinski definition) is 0. The van der Waals surface area contributed by atoms with Gasteiger partial charge in [0.1, 0.15) is 5.75 Å². The van der Waals surface area contributed by atoms with Gasteiger partial charge in [-0.15, -0.1) is 0 Å². The molecule has 0 bridgehead atoms. The van der Waals surface area contributed by atoms with E-state index in [1.165, 1.54) is 11.1 Å². The lowest BCUT2D eigenvalue weighted by molar-refractivity contribution is 0.0734. The molecule has 0 spiro atoms. The molecule has 27 heavy (non-hydrogen) atoms. The molecular weight excluding hydrogens is 338 g/mol. The second-order valence-electron chi connectivity index (χ2n) is 6.99. The first-order chi connectivity index (χ1) is 13.0. The van der Waals surface area contributed by atoms with Crippen LogP contribution in [-0.2, 0) is 20.0 Å². The van der Waals surface area contributed by atoms with Crippen molar-refractivity contribution in [1.82, 2.24) is 14.7 Å². The number of carbonyl (C=O) groups is 1. The van der Waals surface area contributed by atoms with E-state index in [0.29, 0.717) is 6.54 Å². The largest absolute Gasteiger partial charge is 0.497 e. The molecule has 2 aromatic carbocycles. The van der Waals surface area contributed by atoms with Crippen molar-refractivity contribution in [3.8, 4) is 16.9 Å². The lowest BCUT2D eigenvalue weighted by Crippen LogP contribution is -2.35. The average molecular weight is 361 g/mol. The van der Waals surface area contributed by atoms with Crippen LogP contribution in [0.4, 0.5) is 0 Å². The molecule has 0 saturated heterocycles. The third-order valence-electron chi connectivity index (χ3n) is 5.17. The van der Waals surface area contributed by atoms with Gasteiger partial charge in [-0.25, -0.2) is 0 Å². The molecule has 138 valence electrons. The fraction of sp³-hybridized carbons (Fsp3) is 0.273. The van der Waals surface area contributed by atoms with E-state index in [2.05, 4.69) is 17.2 Å². The van der Waals surface area contributed by atoms with E-state index < -0.39 is 0 Å². The molecule has 1 amide bonds. The molecule has 0 fully saturated rings. The lowest BCUT2D eigenvalue weighted by atomic mass is 9.98. The smallest absolute Gasteiger partial charge is 0.254 e. The van der Waals surface area contributed by atoms with Crippen LogP contribution in [0, 0.1) is 6.92 Å². The molecule has 1 aliphatic rings. The number of hydrogen-bond acceptors (Lipinski definition) is 3.